The standard InChI is InChI=1S/C13H10BrN3O/c14-11-5-2-10(3-6-11)4-7-12(18)17-13-15-8-1-9-16-13/h1-9H,(H,15,16,17,18)/b7-4+. The Hall–Kier alpha value is -2.01. The molecule has 1 aromatic carbocycles. The first kappa shape index (κ1) is 12.4. The second-order valence-corrected chi connectivity index (χ2v) is 4.36. The van der Waals surface area contributed by atoms with E-state index in [1.807, 2.05) is 24.3 Å². The summed E-state index contributed by atoms with van der Waals surface area (Å²) in [6.45, 7) is 0. The molecule has 0 aliphatic carbocycles. The molecular weight excluding hydrogens is 294 g/mol. The summed E-state index contributed by atoms with van der Waals surface area (Å²) in [5.74, 6) is 0.0343. The Morgan fingerprint density at radius 2 is 1.83 bits per heavy atom. The molecular formula is C13H10BrN3O. The molecule has 1 heterocycles. The van der Waals surface area contributed by atoms with Gasteiger partial charge in [0.05, 0.1) is 0 Å². The summed E-state index contributed by atoms with van der Waals surface area (Å²) in [7, 11) is 0. The highest BCUT2D eigenvalue weighted by atomic mass is 79.9. The number of nitrogens with one attached hydrogen (secondary N) is 1. The van der Waals surface area contributed by atoms with Gasteiger partial charge in [0.2, 0.25) is 5.95 Å². The first-order chi connectivity index (χ1) is 8.74. The molecule has 1 amide bonds. The van der Waals surface area contributed by atoms with Gasteiger partial charge < -0.3 is 0 Å². The largest absolute Gasteiger partial charge is 0.291 e. The second-order valence-electron chi connectivity index (χ2n) is 3.45. The third-order valence-electron chi connectivity index (χ3n) is 2.10. The monoisotopic (exact) mass is 303 g/mol. The van der Waals surface area contributed by atoms with Gasteiger partial charge in [-0.05, 0) is 29.8 Å². The van der Waals surface area contributed by atoms with Crippen LogP contribution >= 0.6 is 15.9 Å². The van der Waals surface area contributed by atoms with Crippen LogP contribution in [0, 0.1) is 0 Å². The third kappa shape index (κ3) is 3.78. The molecule has 1 aromatic heterocycles. The van der Waals surface area contributed by atoms with Gasteiger partial charge in [-0.25, -0.2) is 9.97 Å². The second kappa shape index (κ2) is 6.07. The lowest BCUT2D eigenvalue weighted by Crippen LogP contribution is -2.10. The van der Waals surface area contributed by atoms with E-state index in [1.54, 1.807) is 24.5 Å². The van der Waals surface area contributed by atoms with E-state index >= 15 is 0 Å². The molecule has 0 atom stereocenters. The van der Waals surface area contributed by atoms with Crippen LogP contribution in [0.5, 0.6) is 0 Å². The van der Waals surface area contributed by atoms with E-state index in [1.165, 1.54) is 6.08 Å². The molecule has 90 valence electrons. The van der Waals surface area contributed by atoms with Gasteiger partial charge in [0.25, 0.3) is 5.91 Å². The number of amides is 1. The van der Waals surface area contributed by atoms with E-state index in [0.29, 0.717) is 5.95 Å². The van der Waals surface area contributed by atoms with Crippen molar-refractivity contribution < 1.29 is 4.79 Å². The van der Waals surface area contributed by atoms with E-state index in [0.717, 1.165) is 10.0 Å². The number of hydrogen-bond donors (Lipinski definition) is 1. The Labute approximate surface area is 113 Å². The number of benzene rings is 1. The van der Waals surface area contributed by atoms with Gasteiger partial charge in [0, 0.05) is 22.9 Å². The fourth-order valence-corrected chi connectivity index (χ4v) is 1.53. The normalized spacial score (nSPS) is 10.5. The number of hydrogen-bond acceptors (Lipinski definition) is 3. The summed E-state index contributed by atoms with van der Waals surface area (Å²) in [5.41, 5.74) is 0.947. The number of anilines is 1. The van der Waals surface area contributed by atoms with Crippen LogP contribution in [0.3, 0.4) is 0 Å². The van der Waals surface area contributed by atoms with E-state index in [2.05, 4.69) is 31.2 Å². The number of carbonyl (C=O) groups is 1. The van der Waals surface area contributed by atoms with Crippen molar-refractivity contribution in [3.8, 4) is 0 Å². The zero-order chi connectivity index (χ0) is 12.8. The molecule has 0 aliphatic rings. The van der Waals surface area contributed by atoms with Gasteiger partial charge in [-0.15, -0.1) is 0 Å². The van der Waals surface area contributed by atoms with Crippen LogP contribution in [0.25, 0.3) is 6.08 Å². The van der Waals surface area contributed by atoms with Gasteiger partial charge in [-0.3, -0.25) is 10.1 Å². The molecule has 0 saturated heterocycles. The fraction of sp³-hybridized carbons (Fsp3) is 0. The lowest BCUT2D eigenvalue weighted by Gasteiger charge is -1.98. The Kier molecular flexibility index (Phi) is 4.20. The molecule has 0 bridgehead atoms. The first-order valence-electron chi connectivity index (χ1n) is 5.26. The number of aromatic nitrogens is 2. The quantitative estimate of drug-likeness (QED) is 0.887. The fourth-order valence-electron chi connectivity index (χ4n) is 1.26. The Morgan fingerprint density at radius 1 is 1.17 bits per heavy atom. The molecule has 5 heteroatoms. The highest BCUT2D eigenvalue weighted by Gasteiger charge is 1.98. The van der Waals surface area contributed by atoms with Crippen molar-refractivity contribution in [1.82, 2.24) is 9.97 Å². The molecule has 0 radical (unpaired) electrons. The molecule has 2 rings (SSSR count). The van der Waals surface area contributed by atoms with Crippen molar-refractivity contribution in [2.75, 3.05) is 5.32 Å². The molecule has 2 aromatic rings. The predicted molar refractivity (Wildman–Crippen MR) is 73.8 cm³/mol. The minimum atomic E-state index is -0.260. The van der Waals surface area contributed by atoms with Gasteiger partial charge in [0.1, 0.15) is 0 Å². The van der Waals surface area contributed by atoms with Gasteiger partial charge in [-0.1, -0.05) is 28.1 Å². The molecule has 0 unspecified atom stereocenters. The minimum absolute atomic E-state index is 0.260. The number of halogens is 1. The van der Waals surface area contributed by atoms with E-state index in [4.69, 9.17) is 0 Å². The number of rotatable bonds is 3. The summed E-state index contributed by atoms with van der Waals surface area (Å²) in [4.78, 5) is 19.4. The van der Waals surface area contributed by atoms with Crippen molar-refractivity contribution in [2.45, 2.75) is 0 Å². The minimum Gasteiger partial charge on any atom is -0.291 e. The molecule has 0 saturated carbocycles. The number of nitrogens with zero attached hydrogens (tertiary/aromatic N) is 2. The van der Waals surface area contributed by atoms with Crippen LogP contribution in [0.4, 0.5) is 5.95 Å². The third-order valence-corrected chi connectivity index (χ3v) is 2.63. The maximum Gasteiger partial charge on any atom is 0.250 e. The smallest absolute Gasteiger partial charge is 0.250 e. The van der Waals surface area contributed by atoms with Crippen LogP contribution in [0.1, 0.15) is 5.56 Å². The van der Waals surface area contributed by atoms with E-state index in [-0.39, 0.29) is 5.91 Å². The Morgan fingerprint density at radius 3 is 2.50 bits per heavy atom. The molecule has 4 nitrogen and oxygen atoms in total. The summed E-state index contributed by atoms with van der Waals surface area (Å²) in [6.07, 6.45) is 6.31. The predicted octanol–water partition coefficient (Wildman–Crippen LogP) is 2.89. The summed E-state index contributed by atoms with van der Waals surface area (Å²) >= 11 is 3.35. The summed E-state index contributed by atoms with van der Waals surface area (Å²) in [6, 6.07) is 9.34. The maximum atomic E-state index is 11.6. The maximum absolute atomic E-state index is 11.6. The van der Waals surface area contributed by atoms with Crippen molar-refractivity contribution >= 4 is 33.9 Å². The van der Waals surface area contributed by atoms with E-state index < -0.39 is 0 Å². The van der Waals surface area contributed by atoms with Gasteiger partial charge in [-0.2, -0.15) is 0 Å². The van der Waals surface area contributed by atoms with Crippen molar-refractivity contribution in [3.05, 3.63) is 58.8 Å². The van der Waals surface area contributed by atoms with Crippen molar-refractivity contribution in [3.63, 3.8) is 0 Å². The Bertz CT molecular complexity index is 552. The highest BCUT2D eigenvalue weighted by Crippen LogP contribution is 2.11. The molecule has 0 spiro atoms. The van der Waals surface area contributed by atoms with Crippen LogP contribution in [0.15, 0.2) is 53.3 Å². The Balaban J connectivity index is 1.97. The molecule has 0 fully saturated rings. The summed E-state index contributed by atoms with van der Waals surface area (Å²) < 4.78 is 1.00. The average molecular weight is 304 g/mol. The molecule has 18 heavy (non-hydrogen) atoms. The molecule has 1 N–H and O–H groups in total. The van der Waals surface area contributed by atoms with Crippen LogP contribution in [-0.2, 0) is 4.79 Å². The van der Waals surface area contributed by atoms with Gasteiger partial charge in [0.15, 0.2) is 0 Å². The highest BCUT2D eigenvalue weighted by molar-refractivity contribution is 9.10. The lowest BCUT2D eigenvalue weighted by atomic mass is 10.2. The lowest BCUT2D eigenvalue weighted by molar-refractivity contribution is -0.111. The zero-order valence-corrected chi connectivity index (χ0v) is 11.0. The summed E-state index contributed by atoms with van der Waals surface area (Å²) in [5, 5.41) is 2.57. The molecule has 0 aliphatic heterocycles. The average Bonchev–Trinajstić information content (AvgIpc) is 2.39. The van der Waals surface area contributed by atoms with E-state index in [9.17, 15) is 4.79 Å². The van der Waals surface area contributed by atoms with Crippen molar-refractivity contribution in [2.24, 2.45) is 0 Å². The van der Waals surface area contributed by atoms with Crippen molar-refractivity contribution in [1.29, 1.82) is 0 Å². The SMILES string of the molecule is O=C(/C=C/c1ccc(Br)cc1)Nc1ncccn1. The zero-order valence-electron chi connectivity index (χ0n) is 9.38. The topological polar surface area (TPSA) is 54.9 Å². The van der Waals surface area contributed by atoms with Crippen LogP contribution in [-0.4, -0.2) is 15.9 Å². The van der Waals surface area contributed by atoms with Gasteiger partial charge >= 0.3 is 0 Å². The van der Waals surface area contributed by atoms with Crippen LogP contribution in [0.2, 0.25) is 0 Å². The first-order valence-corrected chi connectivity index (χ1v) is 6.05. The number of carbonyl (C=O) groups excluding carboxylic acids is 1. The van der Waals surface area contributed by atoms with Crippen LogP contribution < -0.4 is 5.32 Å².